The quantitative estimate of drug-likeness (QED) is 0.113. The van der Waals surface area contributed by atoms with Crippen molar-refractivity contribution in [2.45, 2.75) is 168 Å². The van der Waals surface area contributed by atoms with Gasteiger partial charge >= 0.3 is 0 Å². The number of hydrogen-bond donors (Lipinski definition) is 0. The van der Waals surface area contributed by atoms with Gasteiger partial charge in [0.25, 0.3) is 0 Å². The van der Waals surface area contributed by atoms with Crippen molar-refractivity contribution in [3.63, 3.8) is 0 Å². The van der Waals surface area contributed by atoms with Crippen LogP contribution in [0.25, 0.3) is 0 Å². The Balaban J connectivity index is 3.03. The topological polar surface area (TPSA) is 0 Å². The van der Waals surface area contributed by atoms with E-state index < -0.39 is 0 Å². The van der Waals surface area contributed by atoms with Gasteiger partial charge in [0, 0.05) is 0 Å². The lowest BCUT2D eigenvalue weighted by atomic mass is 10.0. The summed E-state index contributed by atoms with van der Waals surface area (Å²) in [5.41, 5.74) is 0. The Bertz CT molecular complexity index is 278. The first-order chi connectivity index (χ1) is 13.9. The lowest BCUT2D eigenvalue weighted by Crippen LogP contribution is -1.83. The summed E-state index contributed by atoms with van der Waals surface area (Å²) in [6.07, 6.45) is 39.4. The molecule has 168 valence electrons. The highest BCUT2D eigenvalue weighted by Gasteiger charge is 1.94. The van der Waals surface area contributed by atoms with Gasteiger partial charge in [0.1, 0.15) is 0 Å². The van der Waals surface area contributed by atoms with Gasteiger partial charge in [0.05, 0.1) is 0 Å². The van der Waals surface area contributed by atoms with Gasteiger partial charge in [-0.2, -0.15) is 0 Å². The third kappa shape index (κ3) is 25.7. The molecular formula is C28H56. The predicted molar refractivity (Wildman–Crippen MR) is 131 cm³/mol. The Morgan fingerprint density at radius 3 is 0.750 bits per heavy atom. The van der Waals surface area contributed by atoms with E-state index in [2.05, 4.69) is 26.0 Å². The fraction of sp³-hybridized carbons (Fsp3) is 0.929. The molecule has 0 N–H and O–H groups in total. The Morgan fingerprint density at radius 1 is 0.286 bits per heavy atom. The number of unbranched alkanes of at least 4 members (excludes halogenated alkanes) is 22. The van der Waals surface area contributed by atoms with Crippen LogP contribution in [-0.2, 0) is 0 Å². The summed E-state index contributed by atoms with van der Waals surface area (Å²) < 4.78 is 0. The van der Waals surface area contributed by atoms with Crippen molar-refractivity contribution in [3.8, 4) is 0 Å². The summed E-state index contributed by atoms with van der Waals surface area (Å²) in [5.74, 6) is 0. The molecule has 0 aromatic carbocycles. The molecule has 0 spiro atoms. The molecule has 0 aliphatic rings. The molecule has 0 aliphatic carbocycles. The average Bonchev–Trinajstić information content (AvgIpc) is 2.71. The maximum atomic E-state index is 2.44. The molecule has 0 heteroatoms. The molecule has 0 saturated heterocycles. The summed E-state index contributed by atoms with van der Waals surface area (Å²) in [6.45, 7) is 4.59. The second-order valence-corrected chi connectivity index (χ2v) is 9.12. The highest BCUT2D eigenvalue weighted by Crippen LogP contribution is 2.14. The lowest BCUT2D eigenvalue weighted by molar-refractivity contribution is 0.530. The molecule has 0 bridgehead atoms. The molecular weight excluding hydrogens is 336 g/mol. The summed E-state index contributed by atoms with van der Waals surface area (Å²) in [5, 5.41) is 0. The van der Waals surface area contributed by atoms with Crippen molar-refractivity contribution in [1.82, 2.24) is 0 Å². The number of hydrogen-bond acceptors (Lipinski definition) is 0. The van der Waals surface area contributed by atoms with Gasteiger partial charge in [-0.1, -0.05) is 154 Å². The monoisotopic (exact) mass is 392 g/mol. The highest BCUT2D eigenvalue weighted by atomic mass is 14.0. The normalized spacial score (nSPS) is 11.6. The first-order valence-corrected chi connectivity index (χ1v) is 13.6. The van der Waals surface area contributed by atoms with Crippen LogP contribution >= 0.6 is 0 Å². The molecule has 0 heterocycles. The van der Waals surface area contributed by atoms with Crippen molar-refractivity contribution >= 4 is 0 Å². The largest absolute Gasteiger partial charge is 0.0885 e. The van der Waals surface area contributed by atoms with Gasteiger partial charge in [-0.05, 0) is 25.7 Å². The lowest BCUT2D eigenvalue weighted by Gasteiger charge is -2.03. The highest BCUT2D eigenvalue weighted by molar-refractivity contribution is 4.81. The summed E-state index contributed by atoms with van der Waals surface area (Å²) >= 11 is 0. The third-order valence-corrected chi connectivity index (χ3v) is 6.12. The molecule has 0 nitrogen and oxygen atoms in total. The molecule has 0 aliphatic heterocycles. The van der Waals surface area contributed by atoms with E-state index in [-0.39, 0.29) is 0 Å². The Labute approximate surface area is 180 Å². The first-order valence-electron chi connectivity index (χ1n) is 13.6. The van der Waals surface area contributed by atoms with E-state index >= 15 is 0 Å². The Hall–Kier alpha value is -0.260. The summed E-state index contributed by atoms with van der Waals surface area (Å²) in [6, 6.07) is 0. The molecule has 0 saturated carbocycles. The van der Waals surface area contributed by atoms with Crippen LogP contribution in [0.4, 0.5) is 0 Å². The van der Waals surface area contributed by atoms with Crippen molar-refractivity contribution in [3.05, 3.63) is 12.2 Å². The van der Waals surface area contributed by atoms with Gasteiger partial charge in [0.15, 0.2) is 0 Å². The minimum atomic E-state index is 1.31. The standard InChI is InChI=1S/C28H56/c1-3-5-7-9-11-13-15-17-19-21-23-25-27-28-26-24-22-20-18-16-14-12-10-8-6-4-2/h17,19H,3-16,18,20-28H2,1-2H3. The van der Waals surface area contributed by atoms with E-state index in [1.807, 2.05) is 0 Å². The van der Waals surface area contributed by atoms with Gasteiger partial charge in [0.2, 0.25) is 0 Å². The zero-order chi connectivity index (χ0) is 20.4. The van der Waals surface area contributed by atoms with E-state index in [1.54, 1.807) is 0 Å². The average molecular weight is 393 g/mol. The van der Waals surface area contributed by atoms with E-state index in [0.29, 0.717) is 0 Å². The van der Waals surface area contributed by atoms with Crippen molar-refractivity contribution in [2.75, 3.05) is 0 Å². The van der Waals surface area contributed by atoms with Crippen LogP contribution in [0.1, 0.15) is 168 Å². The van der Waals surface area contributed by atoms with E-state index in [9.17, 15) is 0 Å². The van der Waals surface area contributed by atoms with Crippen LogP contribution in [0.3, 0.4) is 0 Å². The SMILES string of the molecule is CCCCCCCCC=CCCCCCCCCCCCCCCCCCC. The van der Waals surface area contributed by atoms with Crippen LogP contribution in [0, 0.1) is 0 Å². The molecule has 0 rings (SSSR count). The van der Waals surface area contributed by atoms with E-state index in [1.165, 1.54) is 154 Å². The van der Waals surface area contributed by atoms with Crippen LogP contribution < -0.4 is 0 Å². The molecule has 0 amide bonds. The van der Waals surface area contributed by atoms with Crippen LogP contribution in [0.2, 0.25) is 0 Å². The smallest absolute Gasteiger partial charge is 0.0351 e. The Kier molecular flexibility index (Phi) is 26.5. The van der Waals surface area contributed by atoms with Crippen LogP contribution in [0.5, 0.6) is 0 Å². The second kappa shape index (κ2) is 26.7. The molecule has 0 aromatic heterocycles. The van der Waals surface area contributed by atoms with Gasteiger partial charge in [-0.15, -0.1) is 0 Å². The van der Waals surface area contributed by atoms with E-state index in [0.717, 1.165) is 0 Å². The van der Waals surface area contributed by atoms with Crippen LogP contribution in [0.15, 0.2) is 12.2 Å². The predicted octanol–water partition coefficient (Wildman–Crippen LogP) is 10.9. The minimum absolute atomic E-state index is 1.31. The zero-order valence-electron chi connectivity index (χ0n) is 20.1. The van der Waals surface area contributed by atoms with Crippen molar-refractivity contribution in [1.29, 1.82) is 0 Å². The maximum Gasteiger partial charge on any atom is -0.0351 e. The first kappa shape index (κ1) is 27.7. The van der Waals surface area contributed by atoms with Gasteiger partial charge < -0.3 is 0 Å². The molecule has 28 heavy (non-hydrogen) atoms. The van der Waals surface area contributed by atoms with Crippen molar-refractivity contribution in [2.24, 2.45) is 0 Å². The third-order valence-electron chi connectivity index (χ3n) is 6.12. The minimum Gasteiger partial charge on any atom is -0.0885 e. The molecule has 0 unspecified atom stereocenters. The summed E-state index contributed by atoms with van der Waals surface area (Å²) in [4.78, 5) is 0. The molecule has 0 radical (unpaired) electrons. The van der Waals surface area contributed by atoms with Gasteiger partial charge in [-0.25, -0.2) is 0 Å². The van der Waals surface area contributed by atoms with Crippen LogP contribution in [-0.4, -0.2) is 0 Å². The molecule has 0 atom stereocenters. The summed E-state index contributed by atoms with van der Waals surface area (Å²) in [7, 11) is 0. The van der Waals surface area contributed by atoms with Crippen molar-refractivity contribution < 1.29 is 0 Å². The molecule has 0 aromatic rings. The maximum absolute atomic E-state index is 2.44. The van der Waals surface area contributed by atoms with Gasteiger partial charge in [-0.3, -0.25) is 0 Å². The fourth-order valence-corrected chi connectivity index (χ4v) is 4.09. The zero-order valence-corrected chi connectivity index (χ0v) is 20.1. The number of rotatable bonds is 24. The van der Waals surface area contributed by atoms with E-state index in [4.69, 9.17) is 0 Å². The second-order valence-electron chi connectivity index (χ2n) is 9.12. The fourth-order valence-electron chi connectivity index (χ4n) is 4.09. The Morgan fingerprint density at radius 2 is 0.500 bits per heavy atom. The molecule has 0 fully saturated rings. The number of allylic oxidation sites excluding steroid dienone is 2.